The average molecular weight is 400 g/mol. The molecule has 0 radical (unpaired) electrons. The number of piperidine rings is 1. The third kappa shape index (κ3) is 3.62. The third-order valence-corrected chi connectivity index (χ3v) is 7.00. The van der Waals surface area contributed by atoms with Crippen molar-refractivity contribution >= 4 is 16.9 Å². The lowest BCUT2D eigenvalue weighted by atomic mass is 9.95. The number of amides is 1. The molecule has 1 saturated heterocycles. The second-order valence-corrected chi connectivity index (χ2v) is 9.17. The van der Waals surface area contributed by atoms with E-state index in [0.717, 1.165) is 30.4 Å². The highest BCUT2D eigenvalue weighted by Crippen LogP contribution is 2.34. The lowest BCUT2D eigenvalue weighted by Gasteiger charge is -2.28. The Bertz CT molecular complexity index is 960. The minimum Gasteiger partial charge on any atom is -0.338 e. The molecule has 0 unspecified atom stereocenters. The van der Waals surface area contributed by atoms with Gasteiger partial charge in [0.1, 0.15) is 6.17 Å². The number of imidazole rings is 1. The molecule has 156 valence electrons. The van der Waals surface area contributed by atoms with Crippen LogP contribution >= 0.6 is 0 Å². The molecular weight excluding hydrogens is 369 g/mol. The van der Waals surface area contributed by atoms with Crippen LogP contribution in [0.25, 0.3) is 11.0 Å². The summed E-state index contributed by atoms with van der Waals surface area (Å²) in [6, 6.07) is 5.99. The van der Waals surface area contributed by atoms with Crippen LogP contribution < -0.4 is 5.69 Å². The molecule has 1 amide bonds. The van der Waals surface area contributed by atoms with Gasteiger partial charge in [-0.05, 0) is 62.6 Å². The van der Waals surface area contributed by atoms with Crippen LogP contribution in [-0.4, -0.2) is 39.2 Å². The third-order valence-electron chi connectivity index (χ3n) is 7.00. The standard InChI is InChI=1S/C23H30FN3O2/c24-18-10-12-25(13-11-18)22(28)17-8-9-20-21(14-17)26(15-16-6-7-16)23(29)27(20)19-4-2-1-3-5-19/h8-9,14,16,18-19H,1-7,10-13,15H2. The molecule has 3 fully saturated rings. The van der Waals surface area contributed by atoms with Gasteiger partial charge in [-0.25, -0.2) is 9.18 Å². The number of benzene rings is 1. The number of carbonyl (C=O) groups is 1. The van der Waals surface area contributed by atoms with Gasteiger partial charge in [0.2, 0.25) is 0 Å². The SMILES string of the molecule is O=C(c1ccc2c(c1)n(CC1CC1)c(=O)n2C1CCCCC1)N1CCC(F)CC1. The summed E-state index contributed by atoms with van der Waals surface area (Å²) in [7, 11) is 0. The smallest absolute Gasteiger partial charge is 0.329 e. The van der Waals surface area contributed by atoms with Gasteiger partial charge in [0.05, 0.1) is 11.0 Å². The molecule has 1 aromatic carbocycles. The van der Waals surface area contributed by atoms with Crippen molar-refractivity contribution in [2.24, 2.45) is 5.92 Å². The van der Waals surface area contributed by atoms with E-state index in [1.807, 2.05) is 27.3 Å². The largest absolute Gasteiger partial charge is 0.338 e. The van der Waals surface area contributed by atoms with Crippen LogP contribution in [0.4, 0.5) is 4.39 Å². The quantitative estimate of drug-likeness (QED) is 0.770. The maximum Gasteiger partial charge on any atom is 0.329 e. The zero-order valence-electron chi connectivity index (χ0n) is 17.0. The van der Waals surface area contributed by atoms with Gasteiger partial charge in [-0.3, -0.25) is 13.9 Å². The summed E-state index contributed by atoms with van der Waals surface area (Å²) >= 11 is 0. The lowest BCUT2D eigenvalue weighted by Crippen LogP contribution is -2.39. The molecule has 5 rings (SSSR count). The van der Waals surface area contributed by atoms with Crippen molar-refractivity contribution in [1.82, 2.24) is 14.0 Å². The van der Waals surface area contributed by atoms with Gasteiger partial charge in [-0.2, -0.15) is 0 Å². The van der Waals surface area contributed by atoms with Gasteiger partial charge in [-0.15, -0.1) is 0 Å². The van der Waals surface area contributed by atoms with Gasteiger partial charge < -0.3 is 4.90 Å². The number of hydrogen-bond donors (Lipinski definition) is 0. The van der Waals surface area contributed by atoms with Crippen molar-refractivity contribution < 1.29 is 9.18 Å². The van der Waals surface area contributed by atoms with Crippen LogP contribution in [0.2, 0.25) is 0 Å². The molecule has 2 saturated carbocycles. The molecule has 2 aromatic rings. The fourth-order valence-electron chi connectivity index (χ4n) is 5.07. The molecule has 0 spiro atoms. The summed E-state index contributed by atoms with van der Waals surface area (Å²) < 4.78 is 17.4. The number of alkyl halides is 1. The summed E-state index contributed by atoms with van der Waals surface area (Å²) in [5.41, 5.74) is 2.54. The first-order chi connectivity index (χ1) is 14.1. The van der Waals surface area contributed by atoms with E-state index in [1.165, 1.54) is 32.1 Å². The van der Waals surface area contributed by atoms with Crippen molar-refractivity contribution in [3.8, 4) is 0 Å². The van der Waals surface area contributed by atoms with E-state index in [0.29, 0.717) is 37.4 Å². The monoisotopic (exact) mass is 399 g/mol. The Hall–Kier alpha value is -2.11. The lowest BCUT2D eigenvalue weighted by molar-refractivity contribution is 0.0667. The first kappa shape index (κ1) is 18.9. The summed E-state index contributed by atoms with van der Waals surface area (Å²) in [6.07, 6.45) is 8.11. The van der Waals surface area contributed by atoms with Crippen LogP contribution in [-0.2, 0) is 6.54 Å². The van der Waals surface area contributed by atoms with Crippen LogP contribution in [0, 0.1) is 5.92 Å². The molecule has 3 aliphatic rings. The summed E-state index contributed by atoms with van der Waals surface area (Å²) in [6.45, 7) is 1.69. The zero-order valence-corrected chi connectivity index (χ0v) is 17.0. The topological polar surface area (TPSA) is 47.2 Å². The van der Waals surface area contributed by atoms with Crippen molar-refractivity contribution in [3.05, 3.63) is 34.2 Å². The van der Waals surface area contributed by atoms with E-state index in [2.05, 4.69) is 0 Å². The number of nitrogens with zero attached hydrogens (tertiary/aromatic N) is 3. The Balaban J connectivity index is 1.53. The van der Waals surface area contributed by atoms with Gasteiger partial charge in [0.25, 0.3) is 5.91 Å². The predicted molar refractivity (Wildman–Crippen MR) is 111 cm³/mol. The van der Waals surface area contributed by atoms with Crippen LogP contribution in [0.15, 0.2) is 23.0 Å². The molecule has 2 aliphatic carbocycles. The van der Waals surface area contributed by atoms with Gasteiger partial charge in [-0.1, -0.05) is 19.3 Å². The number of aromatic nitrogens is 2. The second kappa shape index (κ2) is 7.62. The maximum absolute atomic E-state index is 13.5. The minimum absolute atomic E-state index is 0.0466. The molecule has 0 N–H and O–H groups in total. The Labute approximate surface area is 170 Å². The van der Waals surface area contributed by atoms with Crippen molar-refractivity contribution in [1.29, 1.82) is 0 Å². The summed E-state index contributed by atoms with van der Waals surface area (Å²) in [4.78, 5) is 28.1. The molecule has 5 nitrogen and oxygen atoms in total. The molecule has 0 atom stereocenters. The number of likely N-dealkylation sites (tertiary alicyclic amines) is 1. The average Bonchev–Trinajstić information content (AvgIpc) is 3.53. The number of carbonyl (C=O) groups excluding carboxylic acids is 1. The minimum atomic E-state index is -0.797. The highest BCUT2D eigenvalue weighted by atomic mass is 19.1. The highest BCUT2D eigenvalue weighted by molar-refractivity contribution is 5.97. The molecule has 2 heterocycles. The van der Waals surface area contributed by atoms with Gasteiger partial charge >= 0.3 is 5.69 Å². The van der Waals surface area contributed by atoms with E-state index in [9.17, 15) is 14.0 Å². The Morgan fingerprint density at radius 1 is 0.966 bits per heavy atom. The normalized spacial score (nSPS) is 21.8. The zero-order chi connectivity index (χ0) is 20.0. The van der Waals surface area contributed by atoms with Crippen molar-refractivity contribution in [3.63, 3.8) is 0 Å². The highest BCUT2D eigenvalue weighted by Gasteiger charge is 2.29. The molecular formula is C23H30FN3O2. The van der Waals surface area contributed by atoms with E-state index in [1.54, 1.807) is 4.90 Å². The maximum atomic E-state index is 13.5. The molecule has 29 heavy (non-hydrogen) atoms. The fourth-order valence-corrected chi connectivity index (χ4v) is 5.07. The van der Waals surface area contributed by atoms with E-state index in [-0.39, 0.29) is 17.6 Å². The summed E-state index contributed by atoms with van der Waals surface area (Å²) in [5, 5.41) is 0. The summed E-state index contributed by atoms with van der Waals surface area (Å²) in [5.74, 6) is 0.538. The van der Waals surface area contributed by atoms with E-state index in [4.69, 9.17) is 0 Å². The van der Waals surface area contributed by atoms with Crippen molar-refractivity contribution in [2.45, 2.75) is 76.5 Å². The van der Waals surface area contributed by atoms with Crippen molar-refractivity contribution in [2.75, 3.05) is 13.1 Å². The Kier molecular flexibility index (Phi) is 4.96. The molecule has 0 bridgehead atoms. The van der Waals surface area contributed by atoms with Crippen LogP contribution in [0.5, 0.6) is 0 Å². The van der Waals surface area contributed by atoms with E-state index >= 15 is 0 Å². The van der Waals surface area contributed by atoms with Crippen LogP contribution in [0.1, 0.15) is 74.2 Å². The Morgan fingerprint density at radius 2 is 1.69 bits per heavy atom. The fraction of sp³-hybridized carbons (Fsp3) is 0.652. The predicted octanol–water partition coefficient (Wildman–Crippen LogP) is 4.29. The molecule has 1 aliphatic heterocycles. The van der Waals surface area contributed by atoms with Gasteiger partial charge in [0.15, 0.2) is 0 Å². The number of rotatable bonds is 4. The molecule has 1 aromatic heterocycles. The van der Waals surface area contributed by atoms with Gasteiger partial charge in [0, 0.05) is 31.2 Å². The first-order valence-corrected chi connectivity index (χ1v) is 11.3. The number of fused-ring (bicyclic) bond motifs is 1. The Morgan fingerprint density at radius 3 is 2.38 bits per heavy atom. The number of hydrogen-bond acceptors (Lipinski definition) is 2. The molecule has 6 heteroatoms. The number of halogens is 1. The van der Waals surface area contributed by atoms with Crippen LogP contribution in [0.3, 0.4) is 0 Å². The van der Waals surface area contributed by atoms with E-state index < -0.39 is 6.17 Å². The first-order valence-electron chi connectivity index (χ1n) is 11.3. The second-order valence-electron chi connectivity index (χ2n) is 9.17.